The molecule has 6 heteroatoms. The maximum atomic E-state index is 12.8. The van der Waals surface area contributed by atoms with Crippen molar-refractivity contribution >= 4 is 23.6 Å². The van der Waals surface area contributed by atoms with Crippen LogP contribution < -0.4 is 10.9 Å². The molecule has 26 heavy (non-hydrogen) atoms. The Morgan fingerprint density at radius 1 is 0.962 bits per heavy atom. The predicted molar refractivity (Wildman–Crippen MR) is 102 cm³/mol. The number of hydrogen-bond donors (Lipinski definition) is 2. The number of thioether (sulfide) groups is 1. The molecule has 0 aliphatic rings. The first-order valence-corrected chi connectivity index (χ1v) is 9.32. The Bertz CT molecular complexity index is 753. The molecule has 2 N–H and O–H groups in total. The first kappa shape index (κ1) is 20.0. The zero-order chi connectivity index (χ0) is 19.2. The maximum Gasteiger partial charge on any atom is 0.269 e. The van der Waals surface area contributed by atoms with Crippen LogP contribution in [0.2, 0.25) is 0 Å². The largest absolute Gasteiger partial charge is 0.273 e. The summed E-state index contributed by atoms with van der Waals surface area (Å²) in [6, 6.07) is 13.4. The molecule has 0 aliphatic carbocycles. The lowest BCUT2D eigenvalue weighted by Gasteiger charge is -2.19. The highest BCUT2D eigenvalue weighted by Crippen LogP contribution is 2.22. The van der Waals surface area contributed by atoms with E-state index in [0.717, 1.165) is 10.5 Å². The summed E-state index contributed by atoms with van der Waals surface area (Å²) in [7, 11) is 0. The summed E-state index contributed by atoms with van der Waals surface area (Å²) in [6.07, 6.45) is 0.241. The quantitative estimate of drug-likeness (QED) is 0.613. The van der Waals surface area contributed by atoms with E-state index in [9.17, 15) is 14.0 Å². The Labute approximate surface area is 157 Å². The lowest BCUT2D eigenvalue weighted by molar-refractivity contribution is -0.121. The minimum atomic E-state index is -0.356. The second kappa shape index (κ2) is 8.85. The number of carbonyl (C=O) groups is 2. The zero-order valence-corrected chi connectivity index (χ0v) is 16.0. The number of nitrogens with one attached hydrogen (secondary N) is 2. The molecular weight excluding hydrogens is 351 g/mol. The van der Waals surface area contributed by atoms with Gasteiger partial charge in [0.1, 0.15) is 5.82 Å². The van der Waals surface area contributed by atoms with E-state index in [1.54, 1.807) is 24.3 Å². The van der Waals surface area contributed by atoms with Crippen molar-refractivity contribution in [3.63, 3.8) is 0 Å². The lowest BCUT2D eigenvalue weighted by atomic mass is 9.87. The van der Waals surface area contributed by atoms with Gasteiger partial charge in [-0.3, -0.25) is 20.4 Å². The van der Waals surface area contributed by atoms with Crippen LogP contribution in [0.15, 0.2) is 53.4 Å². The van der Waals surface area contributed by atoms with Crippen LogP contribution >= 0.6 is 11.8 Å². The SMILES string of the molecule is CC(C)(C)c1ccc(C(=O)NNC(=O)CCSc2ccc(F)cc2)cc1. The standard InChI is InChI=1S/C20H23FN2O2S/c1-20(2,3)15-6-4-14(5-7-15)19(25)23-22-18(24)12-13-26-17-10-8-16(21)9-11-17/h4-11H,12-13H2,1-3H3,(H,22,24)(H,23,25). The topological polar surface area (TPSA) is 58.2 Å². The molecule has 138 valence electrons. The number of amides is 2. The molecule has 2 aromatic carbocycles. The first-order chi connectivity index (χ1) is 12.3. The van der Waals surface area contributed by atoms with E-state index in [0.29, 0.717) is 11.3 Å². The average Bonchev–Trinajstić information content (AvgIpc) is 2.61. The van der Waals surface area contributed by atoms with Gasteiger partial charge in [-0.25, -0.2) is 4.39 Å². The molecule has 0 saturated heterocycles. The van der Waals surface area contributed by atoms with Crippen LogP contribution in [0.25, 0.3) is 0 Å². The minimum Gasteiger partial charge on any atom is -0.273 e. The fourth-order valence-electron chi connectivity index (χ4n) is 2.18. The summed E-state index contributed by atoms with van der Waals surface area (Å²) in [6.45, 7) is 6.31. The molecule has 2 aromatic rings. The van der Waals surface area contributed by atoms with Gasteiger partial charge < -0.3 is 0 Å². The molecule has 0 bridgehead atoms. The summed E-state index contributed by atoms with van der Waals surface area (Å²) in [5.41, 5.74) is 6.46. The van der Waals surface area contributed by atoms with Gasteiger partial charge in [0.2, 0.25) is 5.91 Å². The van der Waals surface area contributed by atoms with Crippen LogP contribution in [0, 0.1) is 5.82 Å². The van der Waals surface area contributed by atoms with Crippen molar-refractivity contribution in [3.05, 3.63) is 65.5 Å². The van der Waals surface area contributed by atoms with E-state index in [1.807, 2.05) is 12.1 Å². The molecule has 0 atom stereocenters. The number of hydrazine groups is 1. The zero-order valence-electron chi connectivity index (χ0n) is 15.1. The number of hydrogen-bond acceptors (Lipinski definition) is 3. The van der Waals surface area contributed by atoms with Gasteiger partial charge in [-0.15, -0.1) is 11.8 Å². The van der Waals surface area contributed by atoms with Crippen molar-refractivity contribution in [1.82, 2.24) is 10.9 Å². The summed E-state index contributed by atoms with van der Waals surface area (Å²) in [5.74, 6) is -0.386. The van der Waals surface area contributed by atoms with E-state index >= 15 is 0 Å². The number of carbonyl (C=O) groups excluding carboxylic acids is 2. The van der Waals surface area contributed by atoms with Crippen LogP contribution in [-0.2, 0) is 10.2 Å². The van der Waals surface area contributed by atoms with Crippen molar-refractivity contribution < 1.29 is 14.0 Å². The lowest BCUT2D eigenvalue weighted by Crippen LogP contribution is -2.41. The molecule has 0 unspecified atom stereocenters. The second-order valence-corrected chi connectivity index (χ2v) is 8.05. The Hall–Kier alpha value is -2.34. The second-order valence-electron chi connectivity index (χ2n) is 6.88. The van der Waals surface area contributed by atoms with Gasteiger partial charge in [-0.1, -0.05) is 32.9 Å². The first-order valence-electron chi connectivity index (χ1n) is 8.34. The van der Waals surface area contributed by atoms with Gasteiger partial charge in [-0.05, 0) is 47.4 Å². The highest BCUT2D eigenvalue weighted by molar-refractivity contribution is 7.99. The van der Waals surface area contributed by atoms with Gasteiger partial charge in [0, 0.05) is 22.6 Å². The van der Waals surface area contributed by atoms with E-state index in [-0.39, 0.29) is 29.5 Å². The fraction of sp³-hybridized carbons (Fsp3) is 0.300. The van der Waals surface area contributed by atoms with Crippen LogP contribution in [0.4, 0.5) is 4.39 Å². The van der Waals surface area contributed by atoms with Crippen molar-refractivity contribution in [2.75, 3.05) is 5.75 Å². The molecule has 2 rings (SSSR count). The van der Waals surface area contributed by atoms with Crippen LogP contribution in [0.1, 0.15) is 43.1 Å². The molecule has 0 aromatic heterocycles. The molecular formula is C20H23FN2O2S. The summed E-state index contributed by atoms with van der Waals surface area (Å²) < 4.78 is 12.8. The summed E-state index contributed by atoms with van der Waals surface area (Å²) in [4.78, 5) is 24.8. The highest BCUT2D eigenvalue weighted by Gasteiger charge is 2.14. The smallest absolute Gasteiger partial charge is 0.269 e. The number of rotatable bonds is 5. The molecule has 0 radical (unpaired) electrons. The van der Waals surface area contributed by atoms with Crippen molar-refractivity contribution in [3.8, 4) is 0 Å². The van der Waals surface area contributed by atoms with Crippen molar-refractivity contribution in [1.29, 1.82) is 0 Å². The Balaban J connectivity index is 1.74. The summed E-state index contributed by atoms with van der Waals surface area (Å²) >= 11 is 1.45. The Kier molecular flexibility index (Phi) is 6.80. The van der Waals surface area contributed by atoms with Crippen LogP contribution in [0.5, 0.6) is 0 Å². The molecule has 0 fully saturated rings. The summed E-state index contributed by atoms with van der Waals surface area (Å²) in [5, 5.41) is 0. The molecule has 2 amide bonds. The molecule has 0 spiro atoms. The van der Waals surface area contributed by atoms with Gasteiger partial charge in [0.25, 0.3) is 5.91 Å². The molecule has 0 saturated carbocycles. The molecule has 4 nitrogen and oxygen atoms in total. The monoisotopic (exact) mass is 374 g/mol. The normalized spacial score (nSPS) is 11.1. The minimum absolute atomic E-state index is 0.0193. The van der Waals surface area contributed by atoms with Gasteiger partial charge in [-0.2, -0.15) is 0 Å². The molecule has 0 heterocycles. The van der Waals surface area contributed by atoms with Gasteiger partial charge >= 0.3 is 0 Å². The maximum absolute atomic E-state index is 12.8. The number of halogens is 1. The van der Waals surface area contributed by atoms with Gasteiger partial charge in [0.05, 0.1) is 0 Å². The van der Waals surface area contributed by atoms with Crippen molar-refractivity contribution in [2.24, 2.45) is 0 Å². The van der Waals surface area contributed by atoms with E-state index in [4.69, 9.17) is 0 Å². The van der Waals surface area contributed by atoms with Crippen LogP contribution in [-0.4, -0.2) is 17.6 Å². The van der Waals surface area contributed by atoms with E-state index in [1.165, 1.54) is 23.9 Å². The highest BCUT2D eigenvalue weighted by atomic mass is 32.2. The van der Waals surface area contributed by atoms with Crippen molar-refractivity contribution in [2.45, 2.75) is 37.5 Å². The third-order valence-corrected chi connectivity index (χ3v) is 4.75. The fourth-order valence-corrected chi connectivity index (χ4v) is 3.03. The predicted octanol–water partition coefficient (Wildman–Crippen LogP) is 4.07. The van der Waals surface area contributed by atoms with E-state index < -0.39 is 0 Å². The van der Waals surface area contributed by atoms with E-state index in [2.05, 4.69) is 31.6 Å². The Morgan fingerprint density at radius 2 is 1.58 bits per heavy atom. The Morgan fingerprint density at radius 3 is 2.15 bits per heavy atom. The number of benzene rings is 2. The van der Waals surface area contributed by atoms with Crippen LogP contribution in [0.3, 0.4) is 0 Å². The molecule has 0 aliphatic heterocycles. The van der Waals surface area contributed by atoms with Gasteiger partial charge in [0.15, 0.2) is 0 Å². The average molecular weight is 374 g/mol. The third kappa shape index (κ3) is 6.19. The third-order valence-electron chi connectivity index (χ3n) is 3.74.